The summed E-state index contributed by atoms with van der Waals surface area (Å²) in [6, 6.07) is 14.9. The Bertz CT molecular complexity index is 1070. The molecule has 5 rings (SSSR count). The first-order valence-electron chi connectivity index (χ1n) is 7.06. The molecule has 0 radical (unpaired) electrons. The van der Waals surface area contributed by atoms with Crippen LogP contribution < -0.4 is 5.32 Å². The first kappa shape index (κ1) is 11.6. The lowest BCUT2D eigenvalue weighted by molar-refractivity contribution is 0.632. The molecule has 0 amide bonds. The van der Waals surface area contributed by atoms with Gasteiger partial charge >= 0.3 is 0 Å². The number of pyridine rings is 2. The molecule has 0 atom stereocenters. The average molecular weight is 287 g/mol. The van der Waals surface area contributed by atoms with E-state index in [9.17, 15) is 4.39 Å². The fourth-order valence-corrected chi connectivity index (χ4v) is 3.16. The standard InChI is InChI=1S/C18H10FN3/c19-13-6-3-5-11-10-8-9-20-17-12-4-1-2-7-14(12)21-18(15(10)17)22-16(11)13/h1-9H,(H,21,22). The molecule has 1 aliphatic heterocycles. The molecule has 0 unspecified atom stereocenters. The third-order valence-corrected chi connectivity index (χ3v) is 4.13. The molecular weight excluding hydrogens is 277 g/mol. The SMILES string of the molecule is Fc1cccc2c1Nc1nc3ccccc3c3nccc-2c13. The number of nitrogens with one attached hydrogen (secondary N) is 1. The summed E-state index contributed by atoms with van der Waals surface area (Å²) in [6.07, 6.45) is 1.77. The van der Waals surface area contributed by atoms with Gasteiger partial charge in [-0.3, -0.25) is 4.98 Å². The molecule has 2 aromatic heterocycles. The van der Waals surface area contributed by atoms with Gasteiger partial charge in [0.25, 0.3) is 0 Å². The normalized spacial score (nSPS) is 12.2. The van der Waals surface area contributed by atoms with Crippen molar-refractivity contribution in [3.8, 4) is 11.1 Å². The van der Waals surface area contributed by atoms with Crippen molar-refractivity contribution in [3.63, 3.8) is 0 Å². The number of hydrogen-bond acceptors (Lipinski definition) is 3. The monoisotopic (exact) mass is 287 g/mol. The molecule has 4 heteroatoms. The van der Waals surface area contributed by atoms with E-state index in [-0.39, 0.29) is 5.82 Å². The molecule has 0 fully saturated rings. The zero-order chi connectivity index (χ0) is 14.7. The highest BCUT2D eigenvalue weighted by Gasteiger charge is 2.23. The van der Waals surface area contributed by atoms with Crippen LogP contribution in [0.15, 0.2) is 54.7 Å². The predicted molar refractivity (Wildman–Crippen MR) is 85.7 cm³/mol. The van der Waals surface area contributed by atoms with Crippen LogP contribution in [0, 0.1) is 5.82 Å². The van der Waals surface area contributed by atoms with E-state index in [1.165, 1.54) is 6.07 Å². The third kappa shape index (κ3) is 1.39. The Morgan fingerprint density at radius 3 is 2.77 bits per heavy atom. The summed E-state index contributed by atoms with van der Waals surface area (Å²) >= 11 is 0. The average Bonchev–Trinajstić information content (AvgIpc) is 2.56. The van der Waals surface area contributed by atoms with E-state index < -0.39 is 0 Å². The fourth-order valence-electron chi connectivity index (χ4n) is 3.16. The molecule has 0 saturated heterocycles. The maximum Gasteiger partial charge on any atom is 0.147 e. The largest absolute Gasteiger partial charge is 0.337 e. The molecule has 4 aromatic rings. The number of halogens is 1. The first-order chi connectivity index (χ1) is 10.8. The molecule has 104 valence electrons. The van der Waals surface area contributed by atoms with Crippen LogP contribution >= 0.6 is 0 Å². The smallest absolute Gasteiger partial charge is 0.147 e. The van der Waals surface area contributed by atoms with Gasteiger partial charge in [0.05, 0.1) is 22.1 Å². The Labute approximate surface area is 125 Å². The molecule has 0 aliphatic carbocycles. The van der Waals surface area contributed by atoms with E-state index in [4.69, 9.17) is 0 Å². The summed E-state index contributed by atoms with van der Waals surface area (Å²) in [5.74, 6) is 0.387. The highest BCUT2D eigenvalue weighted by atomic mass is 19.1. The van der Waals surface area contributed by atoms with Crippen molar-refractivity contribution in [1.29, 1.82) is 0 Å². The minimum absolute atomic E-state index is 0.275. The highest BCUT2D eigenvalue weighted by molar-refractivity contribution is 6.16. The Morgan fingerprint density at radius 1 is 0.909 bits per heavy atom. The molecule has 1 aliphatic rings. The predicted octanol–water partition coefficient (Wildman–Crippen LogP) is 4.65. The Hall–Kier alpha value is -3.01. The molecule has 0 spiro atoms. The molecule has 1 N–H and O–H groups in total. The Kier molecular flexibility index (Phi) is 2.12. The van der Waals surface area contributed by atoms with Crippen LogP contribution in [0.2, 0.25) is 0 Å². The Balaban J connectivity index is 2.02. The van der Waals surface area contributed by atoms with Crippen LogP contribution in [0.4, 0.5) is 15.9 Å². The Morgan fingerprint density at radius 2 is 1.82 bits per heavy atom. The molecule has 0 bridgehead atoms. The number of rotatable bonds is 0. The second-order valence-electron chi connectivity index (χ2n) is 5.35. The molecule has 22 heavy (non-hydrogen) atoms. The van der Waals surface area contributed by atoms with Crippen molar-refractivity contribution in [3.05, 3.63) is 60.5 Å². The lowest BCUT2D eigenvalue weighted by atomic mass is 9.95. The maximum absolute atomic E-state index is 14.2. The van der Waals surface area contributed by atoms with Gasteiger partial charge in [0.1, 0.15) is 11.6 Å². The van der Waals surface area contributed by atoms with E-state index >= 15 is 0 Å². The van der Waals surface area contributed by atoms with E-state index in [2.05, 4.69) is 15.3 Å². The van der Waals surface area contributed by atoms with Crippen LogP contribution in [0.1, 0.15) is 0 Å². The van der Waals surface area contributed by atoms with Crippen molar-refractivity contribution in [2.24, 2.45) is 0 Å². The lowest BCUT2D eigenvalue weighted by Gasteiger charge is -2.22. The van der Waals surface area contributed by atoms with Crippen molar-refractivity contribution in [2.75, 3.05) is 5.32 Å². The van der Waals surface area contributed by atoms with E-state index in [1.807, 2.05) is 36.4 Å². The van der Waals surface area contributed by atoms with Gasteiger partial charge in [-0.15, -0.1) is 0 Å². The number of anilines is 2. The third-order valence-electron chi connectivity index (χ3n) is 4.13. The van der Waals surface area contributed by atoms with Crippen molar-refractivity contribution in [2.45, 2.75) is 0 Å². The second kappa shape index (κ2) is 4.01. The zero-order valence-corrected chi connectivity index (χ0v) is 11.5. The minimum atomic E-state index is -0.275. The maximum atomic E-state index is 14.2. The molecule has 0 saturated carbocycles. The topological polar surface area (TPSA) is 37.8 Å². The minimum Gasteiger partial charge on any atom is -0.337 e. The van der Waals surface area contributed by atoms with Gasteiger partial charge in [-0.25, -0.2) is 9.37 Å². The van der Waals surface area contributed by atoms with E-state index in [0.717, 1.165) is 32.9 Å². The summed E-state index contributed by atoms with van der Waals surface area (Å²) in [7, 11) is 0. The van der Waals surface area contributed by atoms with Gasteiger partial charge in [0.2, 0.25) is 0 Å². The summed E-state index contributed by atoms with van der Waals surface area (Å²) in [6.45, 7) is 0. The van der Waals surface area contributed by atoms with Gasteiger partial charge in [0.15, 0.2) is 0 Å². The summed E-state index contributed by atoms with van der Waals surface area (Å²) in [4.78, 5) is 9.19. The molecule has 2 aromatic carbocycles. The molecule has 3 nitrogen and oxygen atoms in total. The lowest BCUT2D eigenvalue weighted by Crippen LogP contribution is -2.06. The van der Waals surface area contributed by atoms with Gasteiger partial charge < -0.3 is 5.32 Å². The van der Waals surface area contributed by atoms with Crippen LogP contribution in [0.3, 0.4) is 0 Å². The quantitative estimate of drug-likeness (QED) is 0.421. The first-order valence-corrected chi connectivity index (χ1v) is 7.06. The van der Waals surface area contributed by atoms with Gasteiger partial charge in [-0.05, 0) is 23.8 Å². The van der Waals surface area contributed by atoms with E-state index in [0.29, 0.717) is 11.5 Å². The number of fused-ring (bicyclic) bond motifs is 4. The van der Waals surface area contributed by atoms with Crippen LogP contribution in [-0.2, 0) is 0 Å². The van der Waals surface area contributed by atoms with Gasteiger partial charge in [-0.1, -0.05) is 30.3 Å². The molecule has 3 heterocycles. The number of nitrogens with zero attached hydrogens (tertiary/aromatic N) is 2. The van der Waals surface area contributed by atoms with Gasteiger partial charge in [0, 0.05) is 17.1 Å². The van der Waals surface area contributed by atoms with Crippen molar-refractivity contribution in [1.82, 2.24) is 9.97 Å². The summed E-state index contributed by atoms with van der Waals surface area (Å²) < 4.78 is 14.2. The highest BCUT2D eigenvalue weighted by Crippen LogP contribution is 2.44. The number of benzene rings is 2. The number of para-hydroxylation sites is 2. The molecular formula is C18H10FN3. The van der Waals surface area contributed by atoms with Crippen molar-refractivity contribution >= 4 is 33.3 Å². The summed E-state index contributed by atoms with van der Waals surface area (Å²) in [5.41, 5.74) is 4.02. The second-order valence-corrected chi connectivity index (χ2v) is 5.35. The summed E-state index contributed by atoms with van der Waals surface area (Å²) in [5, 5.41) is 5.09. The van der Waals surface area contributed by atoms with E-state index in [1.54, 1.807) is 12.3 Å². The number of hydrogen-bond donors (Lipinski definition) is 1. The van der Waals surface area contributed by atoms with Crippen molar-refractivity contribution < 1.29 is 4.39 Å². The number of aromatic nitrogens is 2. The van der Waals surface area contributed by atoms with Crippen LogP contribution in [0.5, 0.6) is 0 Å². The van der Waals surface area contributed by atoms with Crippen LogP contribution in [0.25, 0.3) is 32.9 Å². The van der Waals surface area contributed by atoms with Gasteiger partial charge in [-0.2, -0.15) is 0 Å². The van der Waals surface area contributed by atoms with Crippen LogP contribution in [-0.4, -0.2) is 9.97 Å². The zero-order valence-electron chi connectivity index (χ0n) is 11.5. The fraction of sp³-hybridized carbons (Fsp3) is 0.